The van der Waals surface area contributed by atoms with Gasteiger partial charge in [-0.1, -0.05) is 81.0 Å². The minimum absolute atomic E-state index is 0.230. The second kappa shape index (κ2) is 12.4. The molecule has 1 saturated carbocycles. The van der Waals surface area contributed by atoms with Gasteiger partial charge in [-0.3, -0.25) is 0 Å². The lowest BCUT2D eigenvalue weighted by molar-refractivity contribution is 0.144. The van der Waals surface area contributed by atoms with Crippen LogP contribution in [0, 0.1) is 35.0 Å². The highest BCUT2D eigenvalue weighted by molar-refractivity contribution is 8.03. The molecule has 1 nitrogen and oxygen atoms in total. The van der Waals surface area contributed by atoms with Gasteiger partial charge in [0.15, 0.2) is 0 Å². The Hall–Kier alpha value is -1.67. The summed E-state index contributed by atoms with van der Waals surface area (Å²) >= 11 is 2.28. The Morgan fingerprint density at radius 3 is 2.50 bits per heavy atom. The highest BCUT2D eigenvalue weighted by atomic mass is 32.2. The van der Waals surface area contributed by atoms with Crippen LogP contribution in [0.2, 0.25) is 0 Å². The van der Waals surface area contributed by atoms with Gasteiger partial charge in [-0.25, -0.2) is 0 Å². The van der Waals surface area contributed by atoms with Crippen molar-refractivity contribution < 1.29 is 0 Å². The monoisotopic (exact) mass is 581 g/mol. The molecule has 7 atom stereocenters. The van der Waals surface area contributed by atoms with Crippen LogP contribution in [0.1, 0.15) is 111 Å². The molecule has 6 aliphatic carbocycles. The molecule has 2 heteroatoms. The summed E-state index contributed by atoms with van der Waals surface area (Å²) in [5.74, 6) is 3.63. The summed E-state index contributed by atoms with van der Waals surface area (Å²) in [6.07, 6.45) is 43.8. The molecule has 1 heterocycles. The molecule has 7 aliphatic rings. The number of hydrogen-bond acceptors (Lipinski definition) is 2. The van der Waals surface area contributed by atoms with Gasteiger partial charge in [-0.05, 0) is 136 Å². The fraction of sp³-hybridized carbons (Fsp3) is 0.650. The summed E-state index contributed by atoms with van der Waals surface area (Å²) < 4.78 is 0. The topological polar surface area (TPSA) is 3.24 Å². The molecule has 3 unspecified atom stereocenters. The van der Waals surface area contributed by atoms with Crippen molar-refractivity contribution in [2.45, 2.75) is 128 Å². The third-order valence-corrected chi connectivity index (χ3v) is 14.0. The average molecular weight is 582 g/mol. The van der Waals surface area contributed by atoms with Gasteiger partial charge in [0.05, 0.1) is 0 Å². The third kappa shape index (κ3) is 5.52. The number of allylic oxidation sites excluding steroid dienone is 10. The van der Waals surface area contributed by atoms with Crippen molar-refractivity contribution in [3.05, 3.63) is 82.5 Å². The van der Waals surface area contributed by atoms with E-state index >= 15 is 0 Å². The van der Waals surface area contributed by atoms with Gasteiger partial charge in [0.2, 0.25) is 0 Å². The molecule has 0 radical (unpaired) electrons. The third-order valence-electron chi connectivity index (χ3n) is 12.5. The number of rotatable bonds is 6. The predicted molar refractivity (Wildman–Crippen MR) is 182 cm³/mol. The van der Waals surface area contributed by atoms with Crippen LogP contribution in [-0.4, -0.2) is 22.2 Å². The van der Waals surface area contributed by atoms with Crippen molar-refractivity contribution in [2.75, 3.05) is 0 Å². The van der Waals surface area contributed by atoms with Gasteiger partial charge < -0.3 is 4.90 Å². The van der Waals surface area contributed by atoms with E-state index in [0.717, 1.165) is 17.1 Å². The fourth-order valence-corrected chi connectivity index (χ4v) is 11.3. The van der Waals surface area contributed by atoms with Crippen molar-refractivity contribution in [1.82, 2.24) is 4.90 Å². The zero-order chi connectivity index (χ0) is 28.7. The van der Waals surface area contributed by atoms with Crippen molar-refractivity contribution >= 4 is 11.8 Å². The minimum atomic E-state index is 0.230. The largest absolute Gasteiger partial charge is 0.361 e. The van der Waals surface area contributed by atoms with Crippen LogP contribution in [0.5, 0.6) is 0 Å². The number of thioether (sulfide) groups is 1. The molecule has 0 amide bonds. The Bertz CT molecular complexity index is 1220. The Labute approximate surface area is 261 Å². The quantitative estimate of drug-likeness (QED) is 0.287. The smallest absolute Gasteiger partial charge is 0.0476 e. The van der Waals surface area contributed by atoms with Crippen LogP contribution in [0.25, 0.3) is 0 Å². The molecule has 0 aromatic rings. The molecular weight excluding hydrogens is 527 g/mol. The predicted octanol–water partition coefficient (Wildman–Crippen LogP) is 11.1. The summed E-state index contributed by atoms with van der Waals surface area (Å²) in [4.78, 5) is 4.65. The zero-order valence-corrected chi connectivity index (χ0v) is 27.5. The molecule has 7 rings (SSSR count). The lowest BCUT2D eigenvalue weighted by Gasteiger charge is -2.48. The molecule has 0 saturated heterocycles. The number of hydrogen-bond donors (Lipinski definition) is 0. The van der Waals surface area contributed by atoms with Crippen LogP contribution < -0.4 is 0 Å². The molecule has 1 aliphatic heterocycles. The first-order chi connectivity index (χ1) is 20.5. The lowest BCUT2D eigenvalue weighted by atomic mass is 9.56. The second-order valence-electron chi connectivity index (χ2n) is 15.2. The van der Waals surface area contributed by atoms with Crippen molar-refractivity contribution in [2.24, 2.45) is 35.0 Å². The molecule has 1 fully saturated rings. The molecule has 0 aromatic heterocycles. The van der Waals surface area contributed by atoms with E-state index in [2.05, 4.69) is 98.2 Å². The van der Waals surface area contributed by atoms with E-state index in [1.807, 2.05) is 5.57 Å². The highest BCUT2D eigenvalue weighted by Crippen LogP contribution is 2.57. The maximum Gasteiger partial charge on any atom is 0.0476 e. The van der Waals surface area contributed by atoms with Gasteiger partial charge in [-0.2, -0.15) is 0 Å². The highest BCUT2D eigenvalue weighted by Gasteiger charge is 2.49. The Balaban J connectivity index is 1.19. The summed E-state index contributed by atoms with van der Waals surface area (Å²) in [5.41, 5.74) is 5.41. The van der Waals surface area contributed by atoms with Crippen LogP contribution in [-0.2, 0) is 0 Å². The van der Waals surface area contributed by atoms with E-state index in [1.54, 1.807) is 16.2 Å². The van der Waals surface area contributed by atoms with Gasteiger partial charge >= 0.3 is 0 Å². The SMILES string of the molecule is CC1CCC(SC2=CCC3[C@@H](C2)C2=C(C=C[C@H](C(C)(C4=CC=C[C@H](C)C4)C4CC=CCC4)C2)N3[C@H]2C=CCCC2)CC1. The van der Waals surface area contributed by atoms with Crippen LogP contribution in [0.3, 0.4) is 0 Å². The standard InChI is InChI=1S/C40H55NS/c1-28-17-20-34(21-18-28)42-35-22-24-39-37(27-35)36-26-32(19-23-38(36)41(39)33-15-8-5-9-16-33)40(3,30-12-6-4-7-13-30)31-14-10-11-29(2)25-31/h4,6,8,10-11,14-15,19,22-23,28-30,32-34,37,39H,5,7,9,12-13,16-18,20-21,24-27H2,1-3H3/t28?,29-,30?,32-,33-,34?,37-,39?,40?/m0/s1. The van der Waals surface area contributed by atoms with E-state index in [-0.39, 0.29) is 5.41 Å². The Kier molecular flexibility index (Phi) is 8.56. The zero-order valence-electron chi connectivity index (χ0n) is 26.6. The Morgan fingerprint density at radius 1 is 0.857 bits per heavy atom. The molecule has 42 heavy (non-hydrogen) atoms. The van der Waals surface area contributed by atoms with Crippen LogP contribution in [0.15, 0.2) is 82.5 Å². The maximum atomic E-state index is 2.92. The van der Waals surface area contributed by atoms with Crippen LogP contribution in [0.4, 0.5) is 0 Å². The first-order valence-electron chi connectivity index (χ1n) is 17.8. The molecular formula is C40H55NS. The number of nitrogens with zero attached hydrogens (tertiary/aromatic N) is 1. The van der Waals surface area contributed by atoms with Crippen LogP contribution >= 0.6 is 11.8 Å². The van der Waals surface area contributed by atoms with Crippen molar-refractivity contribution in [3.63, 3.8) is 0 Å². The summed E-state index contributed by atoms with van der Waals surface area (Å²) in [6.45, 7) is 7.55. The average Bonchev–Trinajstić information content (AvgIpc) is 3.35. The van der Waals surface area contributed by atoms with E-state index < -0.39 is 0 Å². The number of fused-ring (bicyclic) bond motifs is 2. The van der Waals surface area contributed by atoms with Gasteiger partial charge in [0.25, 0.3) is 0 Å². The van der Waals surface area contributed by atoms with Crippen molar-refractivity contribution in [3.8, 4) is 0 Å². The summed E-state index contributed by atoms with van der Waals surface area (Å²) in [6, 6.07) is 1.24. The summed E-state index contributed by atoms with van der Waals surface area (Å²) in [5, 5.41) is 0.853. The molecule has 226 valence electrons. The Morgan fingerprint density at radius 2 is 1.74 bits per heavy atom. The van der Waals surface area contributed by atoms with Crippen molar-refractivity contribution in [1.29, 1.82) is 0 Å². The first-order valence-corrected chi connectivity index (χ1v) is 18.6. The lowest BCUT2D eigenvalue weighted by Crippen LogP contribution is -2.42. The molecule has 0 aromatic carbocycles. The second-order valence-corrected chi connectivity index (χ2v) is 16.6. The minimum Gasteiger partial charge on any atom is -0.361 e. The van der Waals surface area contributed by atoms with E-state index in [4.69, 9.17) is 0 Å². The van der Waals surface area contributed by atoms with E-state index in [9.17, 15) is 0 Å². The summed E-state index contributed by atoms with van der Waals surface area (Å²) in [7, 11) is 0. The first kappa shape index (κ1) is 29.1. The van der Waals surface area contributed by atoms with Gasteiger partial charge in [0, 0.05) is 28.9 Å². The van der Waals surface area contributed by atoms with Gasteiger partial charge in [0.1, 0.15) is 0 Å². The maximum absolute atomic E-state index is 2.92. The molecule has 0 spiro atoms. The fourth-order valence-electron chi connectivity index (χ4n) is 9.92. The molecule has 0 N–H and O–H groups in total. The normalized spacial score (nSPS) is 39.5. The van der Waals surface area contributed by atoms with E-state index in [0.29, 0.717) is 29.8 Å². The van der Waals surface area contributed by atoms with E-state index in [1.165, 1.54) is 89.9 Å². The molecule has 0 bridgehead atoms. The van der Waals surface area contributed by atoms with Gasteiger partial charge in [-0.15, -0.1) is 11.8 Å².